The van der Waals surface area contributed by atoms with Crippen LogP contribution in [0.15, 0.2) is 71.6 Å². The lowest BCUT2D eigenvalue weighted by atomic mass is 10.0. The molecular formula is C22H13BrFN3O. The lowest BCUT2D eigenvalue weighted by molar-refractivity contribution is 0.478. The fourth-order valence-electron chi connectivity index (χ4n) is 2.87. The Balaban J connectivity index is 1.75. The van der Waals surface area contributed by atoms with Gasteiger partial charge in [-0.2, -0.15) is 5.26 Å². The van der Waals surface area contributed by atoms with Gasteiger partial charge in [-0.15, -0.1) is 0 Å². The third kappa shape index (κ3) is 3.66. The summed E-state index contributed by atoms with van der Waals surface area (Å²) < 4.78 is 19.9. The van der Waals surface area contributed by atoms with E-state index in [1.807, 2.05) is 24.4 Å². The van der Waals surface area contributed by atoms with Crippen LogP contribution in [0.1, 0.15) is 11.1 Å². The summed E-state index contributed by atoms with van der Waals surface area (Å²) >= 11 is 3.47. The molecule has 0 spiro atoms. The number of H-pyrrole nitrogens is 1. The lowest BCUT2D eigenvalue weighted by Gasteiger charge is -2.09. The zero-order valence-electron chi connectivity index (χ0n) is 14.5. The fraction of sp³-hybridized carbons (Fsp3) is 0. The minimum atomic E-state index is -0.334. The highest BCUT2D eigenvalue weighted by Gasteiger charge is 2.11. The van der Waals surface area contributed by atoms with E-state index in [4.69, 9.17) is 4.74 Å². The summed E-state index contributed by atoms with van der Waals surface area (Å²) in [5.74, 6) is 0.687. The van der Waals surface area contributed by atoms with Crippen LogP contribution in [0, 0.1) is 17.1 Å². The molecule has 6 heteroatoms. The van der Waals surface area contributed by atoms with Crippen molar-refractivity contribution in [2.45, 2.75) is 0 Å². The van der Waals surface area contributed by atoms with Crippen molar-refractivity contribution in [3.63, 3.8) is 0 Å². The molecule has 0 saturated carbocycles. The van der Waals surface area contributed by atoms with Crippen molar-refractivity contribution >= 4 is 38.5 Å². The van der Waals surface area contributed by atoms with Crippen molar-refractivity contribution in [3.05, 3.63) is 88.5 Å². The highest BCUT2D eigenvalue weighted by atomic mass is 79.9. The number of nitrogens with zero attached hydrogens (tertiary/aromatic N) is 2. The summed E-state index contributed by atoms with van der Waals surface area (Å²) in [6.45, 7) is 0. The first-order chi connectivity index (χ1) is 13.6. The number of nitriles is 1. The van der Waals surface area contributed by atoms with Gasteiger partial charge in [-0.1, -0.05) is 15.9 Å². The van der Waals surface area contributed by atoms with E-state index < -0.39 is 0 Å². The van der Waals surface area contributed by atoms with Crippen LogP contribution in [0.25, 0.3) is 22.6 Å². The summed E-state index contributed by atoms with van der Waals surface area (Å²) in [5.41, 5.74) is 2.85. The SMILES string of the molecule is N#CC(=Cc1cnccc1Oc1ccc(F)cc1)c1c[nH]c2ccc(Br)cc12. The number of halogens is 2. The van der Waals surface area contributed by atoms with Gasteiger partial charge in [0.15, 0.2) is 0 Å². The number of ether oxygens (including phenoxy) is 1. The summed E-state index contributed by atoms with van der Waals surface area (Å²) in [7, 11) is 0. The number of pyridine rings is 1. The molecule has 4 aromatic rings. The van der Waals surface area contributed by atoms with Crippen molar-refractivity contribution in [1.82, 2.24) is 9.97 Å². The third-order valence-corrected chi connectivity index (χ3v) is 4.70. The zero-order chi connectivity index (χ0) is 19.5. The summed E-state index contributed by atoms with van der Waals surface area (Å²) in [5, 5.41) is 10.7. The molecule has 0 amide bonds. The van der Waals surface area contributed by atoms with E-state index in [0.29, 0.717) is 22.6 Å². The molecule has 0 fully saturated rings. The van der Waals surface area contributed by atoms with Gasteiger partial charge < -0.3 is 9.72 Å². The van der Waals surface area contributed by atoms with Crippen molar-refractivity contribution in [3.8, 4) is 17.6 Å². The van der Waals surface area contributed by atoms with E-state index in [1.54, 1.807) is 36.7 Å². The quantitative estimate of drug-likeness (QED) is 0.383. The van der Waals surface area contributed by atoms with Crippen LogP contribution < -0.4 is 4.74 Å². The van der Waals surface area contributed by atoms with Gasteiger partial charge in [0.1, 0.15) is 17.3 Å². The first-order valence-corrected chi connectivity index (χ1v) is 9.19. The first kappa shape index (κ1) is 18.0. The standard InChI is InChI=1S/C22H13BrFN3O/c23-16-1-6-21-19(10-16)20(13-27-21)14(11-25)9-15-12-26-8-7-22(15)28-18-4-2-17(24)3-5-18/h1-10,12-13,27H. The predicted octanol–water partition coefficient (Wildman–Crippen LogP) is 6.32. The number of aromatic nitrogens is 2. The average Bonchev–Trinajstić information content (AvgIpc) is 3.12. The Morgan fingerprint density at radius 2 is 2.00 bits per heavy atom. The van der Waals surface area contributed by atoms with E-state index in [9.17, 15) is 9.65 Å². The molecule has 1 N–H and O–H groups in total. The molecule has 0 aliphatic heterocycles. The molecule has 0 saturated heterocycles. The maximum absolute atomic E-state index is 13.1. The summed E-state index contributed by atoms with van der Waals surface area (Å²) in [4.78, 5) is 7.32. The summed E-state index contributed by atoms with van der Waals surface area (Å²) in [6.07, 6.45) is 6.77. The van der Waals surface area contributed by atoms with Crippen LogP contribution in [-0.4, -0.2) is 9.97 Å². The van der Waals surface area contributed by atoms with Gasteiger partial charge in [-0.25, -0.2) is 4.39 Å². The molecule has 0 bridgehead atoms. The van der Waals surface area contributed by atoms with Gasteiger partial charge >= 0.3 is 0 Å². The Kier molecular flexibility index (Phi) is 4.92. The minimum Gasteiger partial charge on any atom is -0.457 e. The molecule has 4 rings (SSSR count). The highest BCUT2D eigenvalue weighted by Crippen LogP contribution is 2.31. The van der Waals surface area contributed by atoms with Crippen molar-refractivity contribution < 1.29 is 9.13 Å². The molecule has 0 atom stereocenters. The maximum Gasteiger partial charge on any atom is 0.137 e. The van der Waals surface area contributed by atoms with Gasteiger partial charge in [0.2, 0.25) is 0 Å². The van der Waals surface area contributed by atoms with Crippen LogP contribution in [0.3, 0.4) is 0 Å². The van der Waals surface area contributed by atoms with E-state index in [2.05, 4.69) is 32.0 Å². The van der Waals surface area contributed by atoms with E-state index >= 15 is 0 Å². The zero-order valence-corrected chi connectivity index (χ0v) is 16.1. The van der Waals surface area contributed by atoms with E-state index in [-0.39, 0.29) is 5.82 Å². The number of hydrogen-bond acceptors (Lipinski definition) is 3. The average molecular weight is 434 g/mol. The Morgan fingerprint density at radius 3 is 2.79 bits per heavy atom. The van der Waals surface area contributed by atoms with Crippen molar-refractivity contribution in [1.29, 1.82) is 5.26 Å². The Morgan fingerprint density at radius 1 is 1.18 bits per heavy atom. The fourth-order valence-corrected chi connectivity index (χ4v) is 3.23. The molecule has 0 aliphatic rings. The van der Waals surface area contributed by atoms with Crippen LogP contribution >= 0.6 is 15.9 Å². The Hall–Kier alpha value is -3.43. The molecule has 0 radical (unpaired) electrons. The number of allylic oxidation sites excluding steroid dienone is 1. The summed E-state index contributed by atoms with van der Waals surface area (Å²) in [6, 6.07) is 15.6. The van der Waals surface area contributed by atoms with Gasteiger partial charge in [0.05, 0.1) is 11.6 Å². The number of fused-ring (bicyclic) bond motifs is 1. The highest BCUT2D eigenvalue weighted by molar-refractivity contribution is 9.10. The molecular weight excluding hydrogens is 421 g/mol. The van der Waals surface area contributed by atoms with Crippen LogP contribution in [0.5, 0.6) is 11.5 Å². The van der Waals surface area contributed by atoms with Crippen LogP contribution in [-0.2, 0) is 0 Å². The van der Waals surface area contributed by atoms with Gasteiger partial charge in [0.25, 0.3) is 0 Å². The Bertz CT molecular complexity index is 1220. The van der Waals surface area contributed by atoms with E-state index in [1.165, 1.54) is 12.1 Å². The van der Waals surface area contributed by atoms with Gasteiger partial charge in [0, 0.05) is 45.1 Å². The molecule has 2 heterocycles. The molecule has 4 nitrogen and oxygen atoms in total. The predicted molar refractivity (Wildman–Crippen MR) is 110 cm³/mol. The van der Waals surface area contributed by atoms with Crippen molar-refractivity contribution in [2.24, 2.45) is 0 Å². The maximum atomic E-state index is 13.1. The second-order valence-electron chi connectivity index (χ2n) is 6.03. The largest absolute Gasteiger partial charge is 0.457 e. The topological polar surface area (TPSA) is 61.7 Å². The van der Waals surface area contributed by atoms with E-state index in [0.717, 1.165) is 20.9 Å². The second-order valence-corrected chi connectivity index (χ2v) is 6.95. The Labute approximate surface area is 169 Å². The number of nitrogens with one attached hydrogen (secondary N) is 1. The molecule has 0 unspecified atom stereocenters. The first-order valence-electron chi connectivity index (χ1n) is 8.40. The smallest absolute Gasteiger partial charge is 0.137 e. The third-order valence-electron chi connectivity index (χ3n) is 4.21. The minimum absolute atomic E-state index is 0.334. The molecule has 28 heavy (non-hydrogen) atoms. The number of benzene rings is 2. The molecule has 2 aromatic carbocycles. The number of aromatic amines is 1. The van der Waals surface area contributed by atoms with Crippen LogP contribution in [0.4, 0.5) is 4.39 Å². The van der Waals surface area contributed by atoms with Gasteiger partial charge in [-0.05, 0) is 54.6 Å². The molecule has 0 aliphatic carbocycles. The normalized spacial score (nSPS) is 11.4. The number of hydrogen-bond donors (Lipinski definition) is 1. The van der Waals surface area contributed by atoms with Crippen LogP contribution in [0.2, 0.25) is 0 Å². The van der Waals surface area contributed by atoms with Gasteiger partial charge in [-0.3, -0.25) is 4.98 Å². The lowest BCUT2D eigenvalue weighted by Crippen LogP contribution is -1.90. The van der Waals surface area contributed by atoms with Crippen molar-refractivity contribution in [2.75, 3.05) is 0 Å². The second kappa shape index (κ2) is 7.67. The molecule has 2 aromatic heterocycles. The molecule has 136 valence electrons. The number of rotatable bonds is 4. The monoisotopic (exact) mass is 433 g/mol.